The Labute approximate surface area is 97.9 Å². The highest BCUT2D eigenvalue weighted by Crippen LogP contribution is 2.25. The summed E-state index contributed by atoms with van der Waals surface area (Å²) in [5.41, 5.74) is 6.44. The largest absolute Gasteiger partial charge is 0.0620 e. The van der Waals surface area contributed by atoms with Crippen molar-refractivity contribution in [3.63, 3.8) is 0 Å². The first-order valence-electron chi connectivity index (χ1n) is 5.79. The van der Waals surface area contributed by atoms with Gasteiger partial charge in [-0.05, 0) is 48.6 Å². The van der Waals surface area contributed by atoms with Gasteiger partial charge in [0.15, 0.2) is 0 Å². The van der Waals surface area contributed by atoms with Gasteiger partial charge >= 0.3 is 0 Å². The van der Waals surface area contributed by atoms with Gasteiger partial charge in [-0.3, -0.25) is 0 Å². The second-order valence-corrected chi connectivity index (χ2v) is 4.27. The van der Waals surface area contributed by atoms with Crippen LogP contribution in [0.4, 0.5) is 0 Å². The van der Waals surface area contributed by atoms with Crippen molar-refractivity contribution in [3.05, 3.63) is 59.2 Å². The molecular weight excluding hydrogens is 192 g/mol. The number of aryl methyl sites for hydroxylation is 3. The van der Waals surface area contributed by atoms with Crippen LogP contribution in [0.2, 0.25) is 0 Å². The van der Waals surface area contributed by atoms with Gasteiger partial charge in [-0.2, -0.15) is 0 Å². The van der Waals surface area contributed by atoms with Crippen LogP contribution < -0.4 is 0 Å². The van der Waals surface area contributed by atoms with Crippen molar-refractivity contribution < 1.29 is 0 Å². The molecule has 0 bridgehead atoms. The van der Waals surface area contributed by atoms with E-state index in [0.29, 0.717) is 0 Å². The maximum atomic E-state index is 3.44. The van der Waals surface area contributed by atoms with Crippen LogP contribution in [0.25, 0.3) is 11.1 Å². The lowest BCUT2D eigenvalue weighted by Crippen LogP contribution is -1.89. The zero-order chi connectivity index (χ0) is 11.5. The van der Waals surface area contributed by atoms with Crippen molar-refractivity contribution in [2.45, 2.75) is 27.2 Å². The molecule has 0 aliphatic rings. The van der Waals surface area contributed by atoms with E-state index >= 15 is 0 Å². The van der Waals surface area contributed by atoms with Gasteiger partial charge in [-0.1, -0.05) is 48.9 Å². The molecular formula is C16H17. The average Bonchev–Trinajstić information content (AvgIpc) is 2.27. The molecule has 0 heterocycles. The number of hydrogen-bond donors (Lipinski definition) is 0. The predicted molar refractivity (Wildman–Crippen MR) is 69.6 cm³/mol. The van der Waals surface area contributed by atoms with Gasteiger partial charge in [0.2, 0.25) is 0 Å². The quantitative estimate of drug-likeness (QED) is 0.690. The van der Waals surface area contributed by atoms with E-state index < -0.39 is 0 Å². The van der Waals surface area contributed by atoms with Gasteiger partial charge in [-0.15, -0.1) is 0 Å². The van der Waals surface area contributed by atoms with Crippen LogP contribution in [0.15, 0.2) is 36.4 Å². The molecule has 16 heavy (non-hydrogen) atoms. The number of benzene rings is 2. The third kappa shape index (κ3) is 2.16. The molecule has 0 aliphatic carbocycles. The van der Waals surface area contributed by atoms with Crippen molar-refractivity contribution in [1.82, 2.24) is 0 Å². The van der Waals surface area contributed by atoms with E-state index in [0.717, 1.165) is 6.42 Å². The lowest BCUT2D eigenvalue weighted by molar-refractivity contribution is 1.14. The summed E-state index contributed by atoms with van der Waals surface area (Å²) in [4.78, 5) is 0. The van der Waals surface area contributed by atoms with E-state index in [1.54, 1.807) is 0 Å². The zero-order valence-electron chi connectivity index (χ0n) is 10.2. The summed E-state index contributed by atoms with van der Waals surface area (Å²) in [6, 6.07) is 16.4. The van der Waals surface area contributed by atoms with Crippen LogP contribution in [0, 0.1) is 19.9 Å². The van der Waals surface area contributed by atoms with Crippen LogP contribution in [0.3, 0.4) is 0 Å². The summed E-state index contributed by atoms with van der Waals surface area (Å²) in [5, 5.41) is 0. The molecule has 1 radical (unpaired) electrons. The molecule has 0 aromatic heterocycles. The third-order valence-corrected chi connectivity index (χ3v) is 2.84. The first-order chi connectivity index (χ1) is 7.70. The van der Waals surface area contributed by atoms with Gasteiger partial charge in [0, 0.05) is 0 Å². The molecule has 0 aliphatic heterocycles. The predicted octanol–water partition coefficient (Wildman–Crippen LogP) is 4.33. The van der Waals surface area contributed by atoms with Crippen molar-refractivity contribution >= 4 is 0 Å². The van der Waals surface area contributed by atoms with Crippen LogP contribution >= 0.6 is 0 Å². The fourth-order valence-electron chi connectivity index (χ4n) is 2.13. The second-order valence-electron chi connectivity index (χ2n) is 4.27. The van der Waals surface area contributed by atoms with E-state index in [1.165, 1.54) is 27.8 Å². The van der Waals surface area contributed by atoms with E-state index in [2.05, 4.69) is 63.2 Å². The topological polar surface area (TPSA) is 0 Å². The monoisotopic (exact) mass is 209 g/mol. The van der Waals surface area contributed by atoms with Crippen molar-refractivity contribution in [1.29, 1.82) is 0 Å². The van der Waals surface area contributed by atoms with Gasteiger partial charge in [0.25, 0.3) is 0 Å². The molecule has 0 atom stereocenters. The highest BCUT2D eigenvalue weighted by molar-refractivity contribution is 5.68. The first-order valence-corrected chi connectivity index (χ1v) is 5.79. The summed E-state index contributed by atoms with van der Waals surface area (Å²) in [6.45, 7) is 6.44. The molecule has 0 fully saturated rings. The molecule has 0 heteroatoms. The zero-order valence-corrected chi connectivity index (χ0v) is 10.2. The minimum absolute atomic E-state index is 1.07. The SMILES string of the molecule is CCc1ccccc1-c1[c]c(C)cc(C)c1. The van der Waals surface area contributed by atoms with Crippen LogP contribution in [-0.4, -0.2) is 0 Å². The fourth-order valence-corrected chi connectivity index (χ4v) is 2.13. The molecule has 0 nitrogen and oxygen atoms in total. The van der Waals surface area contributed by atoms with Crippen LogP contribution in [0.5, 0.6) is 0 Å². The molecule has 81 valence electrons. The second kappa shape index (κ2) is 4.52. The van der Waals surface area contributed by atoms with E-state index in [9.17, 15) is 0 Å². The summed E-state index contributed by atoms with van der Waals surface area (Å²) in [5.74, 6) is 0. The van der Waals surface area contributed by atoms with Gasteiger partial charge < -0.3 is 0 Å². The standard InChI is InChI=1S/C16H17/c1-4-14-7-5-6-8-16(14)15-10-12(2)9-13(3)11-15/h5-10H,4H2,1-3H3. The van der Waals surface area contributed by atoms with Gasteiger partial charge in [0.05, 0.1) is 0 Å². The van der Waals surface area contributed by atoms with Crippen molar-refractivity contribution in [3.8, 4) is 11.1 Å². The van der Waals surface area contributed by atoms with Crippen LogP contribution in [0.1, 0.15) is 23.6 Å². The third-order valence-electron chi connectivity index (χ3n) is 2.84. The minimum Gasteiger partial charge on any atom is -0.0620 e. The minimum atomic E-state index is 1.07. The Morgan fingerprint density at radius 3 is 2.50 bits per heavy atom. The number of hydrogen-bond acceptors (Lipinski definition) is 0. The van der Waals surface area contributed by atoms with E-state index in [4.69, 9.17) is 0 Å². The Bertz CT molecular complexity index is 475. The van der Waals surface area contributed by atoms with Gasteiger partial charge in [0.1, 0.15) is 0 Å². The molecule has 0 amide bonds. The molecule has 0 saturated heterocycles. The maximum absolute atomic E-state index is 3.44. The van der Waals surface area contributed by atoms with Crippen molar-refractivity contribution in [2.75, 3.05) is 0 Å². The molecule has 2 rings (SSSR count). The Balaban J connectivity index is 2.58. The Kier molecular flexibility index (Phi) is 3.09. The molecule has 0 saturated carbocycles. The summed E-state index contributed by atoms with van der Waals surface area (Å²) in [6.07, 6.45) is 1.07. The van der Waals surface area contributed by atoms with Gasteiger partial charge in [-0.25, -0.2) is 0 Å². The summed E-state index contributed by atoms with van der Waals surface area (Å²) < 4.78 is 0. The fraction of sp³-hybridized carbons (Fsp3) is 0.250. The number of rotatable bonds is 2. The molecule has 2 aromatic carbocycles. The molecule has 0 spiro atoms. The molecule has 0 unspecified atom stereocenters. The van der Waals surface area contributed by atoms with Crippen molar-refractivity contribution in [2.24, 2.45) is 0 Å². The normalized spacial score (nSPS) is 10.4. The average molecular weight is 209 g/mol. The molecule has 2 aromatic rings. The highest BCUT2D eigenvalue weighted by atomic mass is 14.1. The maximum Gasteiger partial charge on any atom is -0.00669 e. The molecule has 0 N–H and O–H groups in total. The summed E-state index contributed by atoms with van der Waals surface area (Å²) in [7, 11) is 0. The smallest absolute Gasteiger partial charge is 0.00669 e. The lowest BCUT2D eigenvalue weighted by atomic mass is 9.95. The lowest BCUT2D eigenvalue weighted by Gasteiger charge is -2.09. The highest BCUT2D eigenvalue weighted by Gasteiger charge is 2.04. The van der Waals surface area contributed by atoms with Crippen LogP contribution in [-0.2, 0) is 6.42 Å². The first kappa shape index (κ1) is 10.9. The van der Waals surface area contributed by atoms with E-state index in [-0.39, 0.29) is 0 Å². The summed E-state index contributed by atoms with van der Waals surface area (Å²) >= 11 is 0. The van der Waals surface area contributed by atoms with E-state index in [1.807, 2.05) is 0 Å². The Morgan fingerprint density at radius 2 is 1.81 bits per heavy atom. The Hall–Kier alpha value is -1.56. The Morgan fingerprint density at radius 1 is 1.06 bits per heavy atom.